The van der Waals surface area contributed by atoms with Gasteiger partial charge in [0.05, 0.1) is 36.3 Å². The van der Waals surface area contributed by atoms with E-state index in [1.165, 1.54) is 21.7 Å². The topological polar surface area (TPSA) is 88.8 Å². The number of ether oxygens (including phenoxy) is 1. The summed E-state index contributed by atoms with van der Waals surface area (Å²) in [6, 6.07) is 8.53. The molecule has 1 aliphatic carbocycles. The largest absolute Gasteiger partial charge is 0.461 e. The highest BCUT2D eigenvalue weighted by Gasteiger charge is 2.49. The fourth-order valence-corrected chi connectivity index (χ4v) is 8.46. The Bertz CT molecular complexity index is 1550. The van der Waals surface area contributed by atoms with E-state index in [9.17, 15) is 18.8 Å². The normalized spacial score (nSPS) is 27.6. The number of nitrogens with zero attached hydrogens (tertiary/aromatic N) is 7. The smallest absolute Gasteiger partial charge is 0.318 e. The number of alkyl halides is 1. The lowest BCUT2D eigenvalue weighted by molar-refractivity contribution is -0.131. The molecule has 1 amide bonds. The van der Waals surface area contributed by atoms with Gasteiger partial charge in [-0.15, -0.1) is 0 Å². The molecular weight excluding hydrogens is 576 g/mol. The van der Waals surface area contributed by atoms with Gasteiger partial charge in [-0.05, 0) is 61.8 Å². The maximum atomic E-state index is 14.5. The lowest BCUT2D eigenvalue weighted by atomic mass is 9.95. The number of hydrogen-bond acceptors (Lipinski definition) is 8. The fourth-order valence-electron chi connectivity index (χ4n) is 8.46. The van der Waals surface area contributed by atoms with Crippen molar-refractivity contribution in [3.8, 4) is 12.1 Å². The summed E-state index contributed by atoms with van der Waals surface area (Å²) in [6.07, 6.45) is 4.50. The van der Waals surface area contributed by atoms with Crippen LogP contribution < -0.4 is 14.5 Å². The van der Waals surface area contributed by atoms with Gasteiger partial charge >= 0.3 is 6.01 Å². The van der Waals surface area contributed by atoms with Crippen LogP contribution in [0, 0.1) is 17.2 Å². The summed E-state index contributed by atoms with van der Waals surface area (Å²) in [5.41, 5.74) is 5.72. The zero-order valence-corrected chi connectivity index (χ0v) is 26.0. The average molecular weight is 618 g/mol. The number of fused-ring (bicyclic) bond motifs is 3. The van der Waals surface area contributed by atoms with E-state index in [-0.39, 0.29) is 24.5 Å². The van der Waals surface area contributed by atoms with Crippen LogP contribution in [0.15, 0.2) is 30.6 Å². The summed E-state index contributed by atoms with van der Waals surface area (Å²) in [7, 11) is 0. The molecule has 0 bridgehead atoms. The maximum Gasteiger partial charge on any atom is 0.318 e. The number of anilines is 2. The molecule has 0 spiro atoms. The van der Waals surface area contributed by atoms with E-state index in [0.29, 0.717) is 45.1 Å². The van der Waals surface area contributed by atoms with E-state index in [1.54, 1.807) is 0 Å². The maximum absolute atomic E-state index is 14.5. The minimum absolute atomic E-state index is 0.0697. The predicted molar refractivity (Wildman–Crippen MR) is 167 cm³/mol. The minimum atomic E-state index is -1.02. The Morgan fingerprint density at radius 1 is 1.16 bits per heavy atom. The van der Waals surface area contributed by atoms with Gasteiger partial charge in [-0.2, -0.15) is 15.2 Å². The molecule has 0 radical (unpaired) electrons. The predicted octanol–water partition coefficient (Wildman–Crippen LogP) is 4.14. The fraction of sp³-hybridized carbons (Fsp3) is 0.588. The lowest BCUT2D eigenvalue weighted by Crippen LogP contribution is -2.55. The molecular formula is C34H41F2N7O2. The number of rotatable bonds is 7. The second-order valence-electron chi connectivity index (χ2n) is 13.6. The summed E-state index contributed by atoms with van der Waals surface area (Å²) < 4.78 is 34.7. The van der Waals surface area contributed by atoms with Gasteiger partial charge in [0.25, 0.3) is 5.91 Å². The number of carbonyl (C=O) groups is 1. The molecule has 1 aromatic heterocycles. The zero-order valence-electron chi connectivity index (χ0n) is 26.0. The van der Waals surface area contributed by atoms with Crippen LogP contribution in [0.25, 0.3) is 0 Å². The number of nitriles is 1. The molecule has 0 N–H and O–H groups in total. The highest BCUT2D eigenvalue weighted by Crippen LogP contribution is 2.41. The van der Waals surface area contributed by atoms with Gasteiger partial charge in [-0.25, -0.2) is 8.78 Å². The van der Waals surface area contributed by atoms with Gasteiger partial charge in [-0.1, -0.05) is 25.6 Å². The third-order valence-electron chi connectivity index (χ3n) is 10.6. The van der Waals surface area contributed by atoms with Crippen LogP contribution in [0.2, 0.25) is 0 Å². The van der Waals surface area contributed by atoms with Crippen molar-refractivity contribution in [2.45, 2.75) is 76.2 Å². The van der Waals surface area contributed by atoms with Gasteiger partial charge in [-0.3, -0.25) is 9.69 Å². The Morgan fingerprint density at radius 2 is 2.02 bits per heavy atom. The van der Waals surface area contributed by atoms with Crippen molar-refractivity contribution >= 4 is 17.4 Å². The number of halogens is 2. The van der Waals surface area contributed by atoms with Crippen molar-refractivity contribution in [3.05, 3.63) is 53.0 Å². The molecule has 2 aromatic rings. The van der Waals surface area contributed by atoms with Crippen molar-refractivity contribution in [1.82, 2.24) is 19.8 Å². The van der Waals surface area contributed by atoms with E-state index < -0.39 is 23.9 Å². The molecule has 7 rings (SSSR count). The highest BCUT2D eigenvalue weighted by molar-refractivity contribution is 5.91. The Morgan fingerprint density at radius 3 is 2.84 bits per heavy atom. The highest BCUT2D eigenvalue weighted by atomic mass is 19.1. The standard InChI is InChI=1S/C34H41F2N7O2/c1-22-15-24-5-3-6-30(28(24)16-22)40-12-8-27-29(20-40)38-33(45-21-34-9-4-11-42(34)18-25(36)17-34)39-31(27)41-13-14-43(32(44)23(2)35)26(19-41)7-10-37/h3,5-6,22,25-26H,2,4,7-9,11-21H2,1H3/t22?,25-,26+,34?/m1/s1. The second kappa shape index (κ2) is 11.9. The van der Waals surface area contributed by atoms with Gasteiger partial charge < -0.3 is 19.4 Å². The monoisotopic (exact) mass is 617 g/mol. The van der Waals surface area contributed by atoms with Crippen LogP contribution in [0.4, 0.5) is 20.3 Å². The molecule has 5 heterocycles. The quantitative estimate of drug-likeness (QED) is 0.429. The van der Waals surface area contributed by atoms with E-state index in [0.717, 1.165) is 62.3 Å². The molecule has 4 atom stereocenters. The van der Waals surface area contributed by atoms with Gasteiger partial charge in [0, 0.05) is 50.4 Å². The molecule has 1 aromatic carbocycles. The van der Waals surface area contributed by atoms with Crippen molar-refractivity contribution < 1.29 is 18.3 Å². The van der Waals surface area contributed by atoms with Crippen LogP contribution in [-0.4, -0.2) is 89.3 Å². The van der Waals surface area contributed by atoms with E-state index in [4.69, 9.17) is 14.7 Å². The number of amides is 1. The first-order chi connectivity index (χ1) is 21.7. The lowest BCUT2D eigenvalue weighted by Gasteiger charge is -2.42. The number of carbonyl (C=O) groups excluding carboxylic acids is 1. The molecule has 2 unspecified atom stereocenters. The Labute approximate surface area is 263 Å². The zero-order chi connectivity index (χ0) is 31.3. The Kier molecular flexibility index (Phi) is 7.88. The Balaban J connectivity index is 1.20. The summed E-state index contributed by atoms with van der Waals surface area (Å²) in [4.78, 5) is 30.6. The van der Waals surface area contributed by atoms with Gasteiger partial charge in [0.1, 0.15) is 18.6 Å². The first kappa shape index (κ1) is 29.9. The summed E-state index contributed by atoms with van der Waals surface area (Å²) in [5.74, 6) is -0.424. The molecule has 11 heteroatoms. The van der Waals surface area contributed by atoms with E-state index in [2.05, 4.69) is 52.5 Å². The third kappa shape index (κ3) is 5.51. The molecule has 9 nitrogen and oxygen atoms in total. The van der Waals surface area contributed by atoms with Crippen molar-refractivity contribution in [2.75, 3.05) is 55.7 Å². The first-order valence-corrected chi connectivity index (χ1v) is 16.3. The van der Waals surface area contributed by atoms with Crippen molar-refractivity contribution in [1.29, 1.82) is 5.26 Å². The summed E-state index contributed by atoms with van der Waals surface area (Å²) in [6.45, 7) is 9.58. The minimum Gasteiger partial charge on any atom is -0.461 e. The van der Waals surface area contributed by atoms with Crippen LogP contribution in [0.5, 0.6) is 6.01 Å². The third-order valence-corrected chi connectivity index (χ3v) is 10.6. The van der Waals surface area contributed by atoms with E-state index >= 15 is 0 Å². The number of piperazine rings is 1. The average Bonchev–Trinajstić information content (AvgIpc) is 3.69. The SMILES string of the molecule is C=C(F)C(=O)N1CCN(c2nc(OCC34CCCN3C[C@H](F)C4)nc3c2CCN(c2cccc4c2CC(C)C4)C3)C[C@@H]1CC#N. The van der Waals surface area contributed by atoms with Crippen molar-refractivity contribution in [2.24, 2.45) is 5.92 Å². The van der Waals surface area contributed by atoms with Crippen LogP contribution in [0.3, 0.4) is 0 Å². The second-order valence-corrected chi connectivity index (χ2v) is 13.6. The molecule has 0 saturated carbocycles. The van der Waals surface area contributed by atoms with Gasteiger partial charge in [0.2, 0.25) is 0 Å². The number of aromatic nitrogens is 2. The molecule has 4 aliphatic heterocycles. The summed E-state index contributed by atoms with van der Waals surface area (Å²) in [5, 5.41) is 9.53. The molecule has 3 saturated heterocycles. The number of hydrogen-bond donors (Lipinski definition) is 0. The first-order valence-electron chi connectivity index (χ1n) is 16.3. The summed E-state index contributed by atoms with van der Waals surface area (Å²) >= 11 is 0. The van der Waals surface area contributed by atoms with Crippen LogP contribution in [-0.2, 0) is 30.6 Å². The van der Waals surface area contributed by atoms with Crippen LogP contribution >= 0.6 is 0 Å². The molecule has 45 heavy (non-hydrogen) atoms. The van der Waals surface area contributed by atoms with Gasteiger partial charge in [0.15, 0.2) is 5.83 Å². The molecule has 3 fully saturated rings. The number of benzene rings is 1. The molecule has 238 valence electrons. The van der Waals surface area contributed by atoms with Crippen molar-refractivity contribution in [3.63, 3.8) is 0 Å². The molecule has 5 aliphatic rings. The van der Waals surface area contributed by atoms with E-state index in [1.807, 2.05) is 0 Å². The Hall–Kier alpha value is -3.78. The van der Waals surface area contributed by atoms with Crippen LogP contribution in [0.1, 0.15) is 55.0 Å².